The average molecular weight is 359 g/mol. The van der Waals surface area contributed by atoms with Gasteiger partial charge in [0.05, 0.1) is 23.3 Å². The molecule has 0 saturated carbocycles. The van der Waals surface area contributed by atoms with E-state index < -0.39 is 12.1 Å². The number of hydrogen-bond donors (Lipinski definition) is 4. The van der Waals surface area contributed by atoms with Crippen LogP contribution < -0.4 is 16.2 Å². The lowest BCUT2D eigenvalue weighted by Crippen LogP contribution is -2.22. The fourth-order valence-electron chi connectivity index (χ4n) is 2.92. The summed E-state index contributed by atoms with van der Waals surface area (Å²) in [6.07, 6.45) is -1.69. The van der Waals surface area contributed by atoms with Gasteiger partial charge in [-0.25, -0.2) is 9.78 Å². The molecule has 1 aromatic heterocycles. The van der Waals surface area contributed by atoms with E-state index in [9.17, 15) is 9.90 Å². The molecular weight excluding hydrogens is 338 g/mol. The first-order chi connectivity index (χ1) is 11.9. The van der Waals surface area contributed by atoms with Gasteiger partial charge in [0.1, 0.15) is 5.75 Å². The SMILES string of the molecule is CCOc1ccc2nc3cc(N)ccc3c(N)c2c1CC(O)C(=O)O.O. The number of fused-ring (bicyclic) bond motifs is 2. The fraction of sp³-hybridized carbons (Fsp3) is 0.222. The largest absolute Gasteiger partial charge is 0.494 e. The number of nitrogens with two attached hydrogens (primary N) is 2. The monoisotopic (exact) mass is 359 g/mol. The molecule has 0 aliphatic heterocycles. The van der Waals surface area contributed by atoms with Crippen LogP contribution in [0, 0.1) is 0 Å². The number of anilines is 2. The highest BCUT2D eigenvalue weighted by Gasteiger charge is 2.21. The molecule has 0 radical (unpaired) electrons. The topological polar surface area (TPSA) is 163 Å². The van der Waals surface area contributed by atoms with Crippen LogP contribution in [0.1, 0.15) is 12.5 Å². The number of hydrogen-bond acceptors (Lipinski definition) is 6. The van der Waals surface area contributed by atoms with Crippen molar-refractivity contribution in [1.82, 2.24) is 4.98 Å². The molecule has 0 bridgehead atoms. The summed E-state index contributed by atoms with van der Waals surface area (Å²) in [6, 6.07) is 8.70. The van der Waals surface area contributed by atoms with Gasteiger partial charge in [0, 0.05) is 28.4 Å². The second-order valence-corrected chi connectivity index (χ2v) is 5.73. The van der Waals surface area contributed by atoms with E-state index in [0.29, 0.717) is 51.1 Å². The van der Waals surface area contributed by atoms with Crippen molar-refractivity contribution in [2.24, 2.45) is 0 Å². The maximum atomic E-state index is 11.1. The highest BCUT2D eigenvalue weighted by Crippen LogP contribution is 2.36. The number of carboxylic acids is 1. The molecule has 26 heavy (non-hydrogen) atoms. The summed E-state index contributed by atoms with van der Waals surface area (Å²) in [5, 5.41) is 20.2. The number of aliphatic carboxylic acids is 1. The van der Waals surface area contributed by atoms with Crippen molar-refractivity contribution in [1.29, 1.82) is 0 Å². The Balaban J connectivity index is 0.00000243. The molecule has 138 valence electrons. The number of aliphatic hydroxyl groups is 1. The second-order valence-electron chi connectivity index (χ2n) is 5.73. The van der Waals surface area contributed by atoms with E-state index in [0.717, 1.165) is 0 Å². The van der Waals surface area contributed by atoms with Crippen LogP contribution in [0.4, 0.5) is 11.4 Å². The molecule has 8 N–H and O–H groups in total. The van der Waals surface area contributed by atoms with Gasteiger partial charge in [0.15, 0.2) is 6.10 Å². The first kappa shape index (κ1) is 19.2. The van der Waals surface area contributed by atoms with Crippen LogP contribution >= 0.6 is 0 Å². The van der Waals surface area contributed by atoms with Gasteiger partial charge in [-0.3, -0.25) is 0 Å². The number of aliphatic hydroxyl groups excluding tert-OH is 1. The predicted molar refractivity (Wildman–Crippen MR) is 100 cm³/mol. The third-order valence-electron chi connectivity index (χ3n) is 4.05. The number of nitrogens with zero attached hydrogens (tertiary/aromatic N) is 1. The normalized spacial score (nSPS) is 11.9. The van der Waals surface area contributed by atoms with E-state index in [2.05, 4.69) is 4.98 Å². The highest BCUT2D eigenvalue weighted by atomic mass is 16.5. The summed E-state index contributed by atoms with van der Waals surface area (Å²) < 4.78 is 5.60. The second kappa shape index (κ2) is 7.42. The van der Waals surface area contributed by atoms with Crippen LogP contribution in [0.15, 0.2) is 30.3 Å². The molecule has 0 amide bonds. The Bertz CT molecular complexity index is 974. The van der Waals surface area contributed by atoms with Crippen molar-refractivity contribution in [3.63, 3.8) is 0 Å². The van der Waals surface area contributed by atoms with Crippen molar-refractivity contribution in [2.75, 3.05) is 18.1 Å². The minimum atomic E-state index is -1.56. The third kappa shape index (κ3) is 3.32. The van der Waals surface area contributed by atoms with Crippen LogP contribution in [0.3, 0.4) is 0 Å². The summed E-state index contributed by atoms with van der Waals surface area (Å²) in [6.45, 7) is 2.23. The van der Waals surface area contributed by atoms with Crippen LogP contribution in [0.2, 0.25) is 0 Å². The fourth-order valence-corrected chi connectivity index (χ4v) is 2.92. The smallest absolute Gasteiger partial charge is 0.332 e. The maximum absolute atomic E-state index is 11.1. The standard InChI is InChI=1S/C18H19N3O4.H2O/c1-2-25-15-6-5-12-16(11(15)8-14(22)18(23)24)17(20)10-4-3-9(19)7-13(10)21-12;/h3-7,14,22H,2,8,19H2,1H3,(H2,20,21)(H,23,24);1H2. The van der Waals surface area contributed by atoms with Gasteiger partial charge in [-0.2, -0.15) is 0 Å². The number of benzene rings is 2. The number of carboxylic acid groups (broad SMARTS) is 1. The molecule has 8 heteroatoms. The van der Waals surface area contributed by atoms with Crippen molar-refractivity contribution in [3.05, 3.63) is 35.9 Å². The van der Waals surface area contributed by atoms with Gasteiger partial charge < -0.3 is 31.9 Å². The van der Waals surface area contributed by atoms with E-state index in [1.807, 2.05) is 6.92 Å². The van der Waals surface area contributed by atoms with Crippen LogP contribution in [-0.4, -0.2) is 39.4 Å². The van der Waals surface area contributed by atoms with E-state index >= 15 is 0 Å². The van der Waals surface area contributed by atoms with Crippen LogP contribution in [0.25, 0.3) is 21.8 Å². The van der Waals surface area contributed by atoms with Crippen molar-refractivity contribution >= 4 is 39.1 Å². The molecule has 3 rings (SSSR count). The Morgan fingerprint density at radius 3 is 2.62 bits per heavy atom. The Morgan fingerprint density at radius 1 is 1.23 bits per heavy atom. The summed E-state index contributed by atoms with van der Waals surface area (Å²) in [4.78, 5) is 15.7. The minimum Gasteiger partial charge on any atom is -0.494 e. The number of pyridine rings is 1. The number of ether oxygens (including phenoxy) is 1. The zero-order valence-corrected chi connectivity index (χ0v) is 14.2. The van der Waals surface area contributed by atoms with Crippen LogP contribution in [0.5, 0.6) is 5.75 Å². The molecule has 0 aliphatic rings. The Morgan fingerprint density at radius 2 is 1.96 bits per heavy atom. The zero-order chi connectivity index (χ0) is 18.1. The van der Waals surface area contributed by atoms with Crippen LogP contribution in [-0.2, 0) is 11.2 Å². The van der Waals surface area contributed by atoms with E-state index in [1.54, 1.807) is 30.3 Å². The quantitative estimate of drug-likeness (QED) is 0.391. The van der Waals surface area contributed by atoms with Gasteiger partial charge in [-0.15, -0.1) is 0 Å². The summed E-state index contributed by atoms with van der Waals surface area (Å²) in [5.41, 5.74) is 15.0. The van der Waals surface area contributed by atoms with E-state index in [4.69, 9.17) is 21.3 Å². The summed E-state index contributed by atoms with van der Waals surface area (Å²) in [7, 11) is 0. The van der Waals surface area contributed by atoms with Crippen molar-refractivity contribution in [2.45, 2.75) is 19.4 Å². The molecule has 1 unspecified atom stereocenters. The highest BCUT2D eigenvalue weighted by molar-refractivity contribution is 6.09. The van der Waals surface area contributed by atoms with E-state index in [-0.39, 0.29) is 11.9 Å². The predicted octanol–water partition coefficient (Wildman–Crippen LogP) is 1.11. The zero-order valence-electron chi connectivity index (χ0n) is 14.2. The first-order valence-electron chi connectivity index (χ1n) is 7.86. The molecule has 1 atom stereocenters. The first-order valence-corrected chi connectivity index (χ1v) is 7.86. The molecule has 2 aromatic carbocycles. The van der Waals surface area contributed by atoms with Gasteiger partial charge in [0.25, 0.3) is 0 Å². The Hall–Kier alpha value is -3.10. The molecule has 0 spiro atoms. The lowest BCUT2D eigenvalue weighted by Gasteiger charge is -2.17. The lowest BCUT2D eigenvalue weighted by atomic mass is 9.97. The molecule has 3 aromatic rings. The Labute approximate surface area is 149 Å². The maximum Gasteiger partial charge on any atom is 0.332 e. The molecule has 0 fully saturated rings. The molecule has 0 saturated heterocycles. The van der Waals surface area contributed by atoms with Gasteiger partial charge in [0.2, 0.25) is 0 Å². The van der Waals surface area contributed by atoms with Crippen molar-refractivity contribution in [3.8, 4) is 5.75 Å². The number of nitrogen functional groups attached to an aromatic ring is 2. The number of aromatic nitrogens is 1. The third-order valence-corrected chi connectivity index (χ3v) is 4.05. The summed E-state index contributed by atoms with van der Waals surface area (Å²) in [5.74, 6) is -0.821. The minimum absolute atomic E-state index is 0. The van der Waals surface area contributed by atoms with Gasteiger partial charge in [-0.05, 0) is 37.3 Å². The molecule has 8 nitrogen and oxygen atoms in total. The van der Waals surface area contributed by atoms with Gasteiger partial charge in [-0.1, -0.05) is 0 Å². The lowest BCUT2D eigenvalue weighted by molar-refractivity contribution is -0.146. The molecular formula is C18H21N3O5. The van der Waals surface area contributed by atoms with Crippen molar-refractivity contribution < 1.29 is 25.2 Å². The molecule has 1 heterocycles. The van der Waals surface area contributed by atoms with E-state index in [1.165, 1.54) is 0 Å². The number of carbonyl (C=O) groups is 1. The van der Waals surface area contributed by atoms with Gasteiger partial charge >= 0.3 is 5.97 Å². The number of rotatable bonds is 5. The average Bonchev–Trinajstić information content (AvgIpc) is 2.56. The summed E-state index contributed by atoms with van der Waals surface area (Å²) >= 11 is 0. The molecule has 0 aliphatic carbocycles. The Kier molecular flexibility index (Phi) is 5.49.